The fourth-order valence-electron chi connectivity index (χ4n) is 2.12. The lowest BCUT2D eigenvalue weighted by atomic mass is 10.2. The van der Waals surface area contributed by atoms with Crippen LogP contribution in [0.15, 0.2) is 12.1 Å². The first kappa shape index (κ1) is 11.2. The van der Waals surface area contributed by atoms with Crippen LogP contribution in [0, 0.1) is 5.92 Å². The molecule has 0 radical (unpaired) electrons. The van der Waals surface area contributed by atoms with Crippen LogP contribution in [0.2, 0.25) is 0 Å². The van der Waals surface area contributed by atoms with E-state index in [4.69, 9.17) is 0 Å². The van der Waals surface area contributed by atoms with Crippen LogP contribution in [-0.2, 0) is 6.42 Å². The Labute approximate surface area is 96.9 Å². The summed E-state index contributed by atoms with van der Waals surface area (Å²) >= 11 is 1.96. The molecule has 1 heterocycles. The summed E-state index contributed by atoms with van der Waals surface area (Å²) in [5, 5.41) is 3.72. The van der Waals surface area contributed by atoms with E-state index >= 15 is 0 Å². The van der Waals surface area contributed by atoms with Crippen LogP contribution in [0.4, 0.5) is 0 Å². The van der Waals surface area contributed by atoms with Crippen molar-refractivity contribution in [1.82, 2.24) is 5.32 Å². The summed E-state index contributed by atoms with van der Waals surface area (Å²) in [6.07, 6.45) is 3.88. The van der Waals surface area contributed by atoms with E-state index in [0.717, 1.165) is 12.0 Å². The molecule has 1 aromatic rings. The summed E-state index contributed by atoms with van der Waals surface area (Å²) in [6, 6.07) is 5.88. The molecule has 0 aromatic carbocycles. The van der Waals surface area contributed by atoms with Crippen molar-refractivity contribution >= 4 is 11.3 Å². The molecule has 1 aliphatic rings. The van der Waals surface area contributed by atoms with Gasteiger partial charge >= 0.3 is 0 Å². The van der Waals surface area contributed by atoms with Crippen molar-refractivity contribution in [2.45, 2.75) is 52.1 Å². The first-order valence-electron chi connectivity index (χ1n) is 6.09. The molecule has 15 heavy (non-hydrogen) atoms. The summed E-state index contributed by atoms with van der Waals surface area (Å²) in [5.41, 5.74) is 0. The number of nitrogens with one attached hydrogen (secondary N) is 1. The van der Waals surface area contributed by atoms with Gasteiger partial charge in [0.05, 0.1) is 0 Å². The molecule has 1 nitrogen and oxygen atoms in total. The molecular weight excluding hydrogens is 202 g/mol. The van der Waals surface area contributed by atoms with Crippen LogP contribution in [0.3, 0.4) is 0 Å². The SMILES string of the molecule is CCc1ccc(C(C)NC2CC2CC)s1. The Kier molecular flexibility index (Phi) is 3.47. The van der Waals surface area contributed by atoms with E-state index < -0.39 is 0 Å². The fourth-order valence-corrected chi connectivity index (χ4v) is 3.09. The average molecular weight is 223 g/mol. The highest BCUT2D eigenvalue weighted by molar-refractivity contribution is 7.12. The van der Waals surface area contributed by atoms with E-state index in [1.54, 1.807) is 0 Å². The number of aryl methyl sites for hydroxylation is 1. The molecular formula is C13H21NS. The molecule has 2 rings (SSSR count). The predicted molar refractivity (Wildman–Crippen MR) is 67.4 cm³/mol. The fraction of sp³-hybridized carbons (Fsp3) is 0.692. The molecule has 2 heteroatoms. The summed E-state index contributed by atoms with van der Waals surface area (Å²) in [6.45, 7) is 6.80. The third-order valence-electron chi connectivity index (χ3n) is 3.37. The quantitative estimate of drug-likeness (QED) is 0.801. The summed E-state index contributed by atoms with van der Waals surface area (Å²) in [5.74, 6) is 0.943. The van der Waals surface area contributed by atoms with Crippen molar-refractivity contribution in [3.8, 4) is 0 Å². The Morgan fingerprint density at radius 2 is 2.27 bits per heavy atom. The molecule has 0 saturated heterocycles. The molecule has 3 atom stereocenters. The van der Waals surface area contributed by atoms with Gasteiger partial charge in [-0.15, -0.1) is 11.3 Å². The second-order valence-corrected chi connectivity index (χ2v) is 5.76. The molecule has 0 bridgehead atoms. The maximum atomic E-state index is 3.72. The number of hydrogen-bond donors (Lipinski definition) is 1. The summed E-state index contributed by atoms with van der Waals surface area (Å²) < 4.78 is 0. The van der Waals surface area contributed by atoms with E-state index in [9.17, 15) is 0 Å². The zero-order chi connectivity index (χ0) is 10.8. The van der Waals surface area contributed by atoms with E-state index in [1.165, 1.54) is 29.0 Å². The van der Waals surface area contributed by atoms with Crippen molar-refractivity contribution in [3.05, 3.63) is 21.9 Å². The second-order valence-electron chi connectivity index (χ2n) is 4.56. The van der Waals surface area contributed by atoms with E-state index in [-0.39, 0.29) is 0 Å². The zero-order valence-corrected chi connectivity index (χ0v) is 10.7. The molecule has 1 N–H and O–H groups in total. The minimum absolute atomic E-state index is 0.539. The van der Waals surface area contributed by atoms with Crippen LogP contribution in [-0.4, -0.2) is 6.04 Å². The third-order valence-corrected chi connectivity index (χ3v) is 4.78. The lowest BCUT2D eigenvalue weighted by Crippen LogP contribution is -2.21. The van der Waals surface area contributed by atoms with Crippen molar-refractivity contribution in [2.24, 2.45) is 5.92 Å². The first-order chi connectivity index (χ1) is 7.24. The molecule has 1 fully saturated rings. The molecule has 0 spiro atoms. The average Bonchev–Trinajstić information content (AvgIpc) is 2.81. The maximum absolute atomic E-state index is 3.72. The molecule has 0 amide bonds. The van der Waals surface area contributed by atoms with Gasteiger partial charge in [0, 0.05) is 21.8 Å². The summed E-state index contributed by atoms with van der Waals surface area (Å²) in [4.78, 5) is 3.00. The van der Waals surface area contributed by atoms with Gasteiger partial charge in [-0.1, -0.05) is 20.3 Å². The number of rotatable bonds is 5. The van der Waals surface area contributed by atoms with Gasteiger partial charge in [0.15, 0.2) is 0 Å². The minimum atomic E-state index is 0.539. The van der Waals surface area contributed by atoms with Crippen LogP contribution < -0.4 is 5.32 Å². The normalized spacial score (nSPS) is 26.6. The van der Waals surface area contributed by atoms with E-state index in [2.05, 4.69) is 38.2 Å². The molecule has 84 valence electrons. The van der Waals surface area contributed by atoms with Gasteiger partial charge in [0.25, 0.3) is 0 Å². The van der Waals surface area contributed by atoms with E-state index in [0.29, 0.717) is 6.04 Å². The molecule has 1 aromatic heterocycles. The standard InChI is InChI=1S/C13H21NS/c1-4-10-8-12(10)14-9(3)13-7-6-11(5-2)15-13/h6-7,9-10,12,14H,4-5,8H2,1-3H3. The maximum Gasteiger partial charge on any atom is 0.0388 e. The van der Waals surface area contributed by atoms with Crippen molar-refractivity contribution in [1.29, 1.82) is 0 Å². The highest BCUT2D eigenvalue weighted by Gasteiger charge is 2.35. The van der Waals surface area contributed by atoms with Gasteiger partial charge in [-0.3, -0.25) is 0 Å². The zero-order valence-electron chi connectivity index (χ0n) is 9.92. The Bertz CT molecular complexity index is 318. The van der Waals surface area contributed by atoms with Gasteiger partial charge in [0.2, 0.25) is 0 Å². The smallest absolute Gasteiger partial charge is 0.0388 e. The van der Waals surface area contributed by atoms with Crippen molar-refractivity contribution < 1.29 is 0 Å². The van der Waals surface area contributed by atoms with Crippen LogP contribution in [0.25, 0.3) is 0 Å². The van der Waals surface area contributed by atoms with Crippen LogP contribution in [0.1, 0.15) is 49.4 Å². The van der Waals surface area contributed by atoms with Crippen molar-refractivity contribution in [3.63, 3.8) is 0 Å². The van der Waals surface area contributed by atoms with Gasteiger partial charge in [0.1, 0.15) is 0 Å². The lowest BCUT2D eigenvalue weighted by Gasteiger charge is -2.11. The minimum Gasteiger partial charge on any atom is -0.306 e. The highest BCUT2D eigenvalue weighted by atomic mass is 32.1. The largest absolute Gasteiger partial charge is 0.306 e. The van der Waals surface area contributed by atoms with Gasteiger partial charge in [-0.05, 0) is 37.8 Å². The lowest BCUT2D eigenvalue weighted by molar-refractivity contribution is 0.545. The van der Waals surface area contributed by atoms with Gasteiger partial charge in [-0.25, -0.2) is 0 Å². The predicted octanol–water partition coefficient (Wildman–Crippen LogP) is 3.76. The second kappa shape index (κ2) is 4.67. The third kappa shape index (κ3) is 2.61. The topological polar surface area (TPSA) is 12.0 Å². The molecule has 1 saturated carbocycles. The molecule has 3 unspecified atom stereocenters. The Balaban J connectivity index is 1.88. The highest BCUT2D eigenvalue weighted by Crippen LogP contribution is 2.36. The van der Waals surface area contributed by atoms with E-state index in [1.807, 2.05) is 11.3 Å². The monoisotopic (exact) mass is 223 g/mol. The summed E-state index contributed by atoms with van der Waals surface area (Å²) in [7, 11) is 0. The Hall–Kier alpha value is -0.340. The number of hydrogen-bond acceptors (Lipinski definition) is 2. The van der Waals surface area contributed by atoms with Gasteiger partial charge in [-0.2, -0.15) is 0 Å². The van der Waals surface area contributed by atoms with Crippen LogP contribution in [0.5, 0.6) is 0 Å². The number of thiophene rings is 1. The first-order valence-corrected chi connectivity index (χ1v) is 6.90. The molecule has 0 aliphatic heterocycles. The van der Waals surface area contributed by atoms with Crippen molar-refractivity contribution in [2.75, 3.05) is 0 Å². The van der Waals surface area contributed by atoms with Gasteiger partial charge < -0.3 is 5.32 Å². The van der Waals surface area contributed by atoms with Crippen LogP contribution >= 0.6 is 11.3 Å². The Morgan fingerprint density at radius 3 is 2.80 bits per heavy atom. The Morgan fingerprint density at radius 1 is 1.47 bits per heavy atom. The molecule has 1 aliphatic carbocycles.